The Morgan fingerprint density at radius 1 is 1.33 bits per heavy atom. The van der Waals surface area contributed by atoms with E-state index in [9.17, 15) is 24.1 Å². The first kappa shape index (κ1) is 20.6. The lowest BCUT2D eigenvalue weighted by Crippen LogP contribution is -2.13. The van der Waals surface area contributed by atoms with Gasteiger partial charge in [-0.05, 0) is 37.1 Å². The zero-order valence-corrected chi connectivity index (χ0v) is 15.7. The van der Waals surface area contributed by atoms with Crippen molar-refractivity contribution >= 4 is 29.3 Å². The number of halogens is 1. The number of nitro benzene ring substituents is 1. The number of anilines is 1. The van der Waals surface area contributed by atoms with Gasteiger partial charge in [0.1, 0.15) is 5.82 Å². The summed E-state index contributed by atoms with van der Waals surface area (Å²) in [6.07, 6.45) is 1.78. The second kappa shape index (κ2) is 8.52. The van der Waals surface area contributed by atoms with Crippen molar-refractivity contribution in [3.63, 3.8) is 0 Å². The average Bonchev–Trinajstić information content (AvgIpc) is 3.05. The van der Waals surface area contributed by atoms with E-state index in [0.29, 0.717) is 0 Å². The molecule has 0 aliphatic carbocycles. The lowest BCUT2D eigenvalue weighted by molar-refractivity contribution is -0.384. The molecule has 0 saturated heterocycles. The number of nitrogens with one attached hydrogen (secondary N) is 1. The molecule has 0 bridgehead atoms. The maximum Gasteiger partial charge on any atom is 0.317 e. The van der Waals surface area contributed by atoms with E-state index in [4.69, 9.17) is 9.84 Å². The number of nitrogens with zero attached hydrogens (tertiary/aromatic N) is 2. The molecule has 2 aromatic rings. The molecule has 3 rings (SSSR count). The van der Waals surface area contributed by atoms with Crippen molar-refractivity contribution in [3.05, 3.63) is 81.4 Å². The molecule has 1 aliphatic heterocycles. The number of amides is 1. The third-order valence-electron chi connectivity index (χ3n) is 4.38. The fourth-order valence-electron chi connectivity index (χ4n) is 2.68. The highest BCUT2D eigenvalue weighted by molar-refractivity contribution is 6.09. The molecule has 1 atom stereocenters. The number of aliphatic imine (C=N–C) groups is 1. The molecule has 1 amide bonds. The van der Waals surface area contributed by atoms with Crippen LogP contribution >= 0.6 is 0 Å². The number of hydrogen-bond donors (Lipinski definition) is 2. The van der Waals surface area contributed by atoms with Crippen molar-refractivity contribution in [2.75, 3.05) is 5.32 Å². The number of hydrogen-bond acceptors (Lipinski definition) is 6. The predicted molar refractivity (Wildman–Crippen MR) is 104 cm³/mol. The van der Waals surface area contributed by atoms with Gasteiger partial charge in [-0.3, -0.25) is 19.7 Å². The summed E-state index contributed by atoms with van der Waals surface area (Å²) in [5, 5.41) is 22.3. The normalized spacial score (nSPS) is 15.5. The molecule has 0 saturated carbocycles. The maximum atomic E-state index is 14.2. The van der Waals surface area contributed by atoms with Crippen LogP contribution < -0.4 is 5.32 Å². The van der Waals surface area contributed by atoms with Crippen LogP contribution in [0.2, 0.25) is 0 Å². The van der Waals surface area contributed by atoms with Crippen LogP contribution in [0.5, 0.6) is 0 Å². The number of rotatable bonds is 6. The van der Waals surface area contributed by atoms with Crippen LogP contribution in [0, 0.1) is 15.9 Å². The Balaban J connectivity index is 1.64. The number of aliphatic carboxylic acids is 1. The van der Waals surface area contributed by atoms with Crippen LogP contribution in [0.25, 0.3) is 0 Å². The molecule has 0 radical (unpaired) electrons. The highest BCUT2D eigenvalue weighted by Gasteiger charge is 2.23. The zero-order valence-electron chi connectivity index (χ0n) is 15.7. The van der Waals surface area contributed by atoms with E-state index in [2.05, 4.69) is 10.3 Å². The van der Waals surface area contributed by atoms with Crippen molar-refractivity contribution in [3.8, 4) is 0 Å². The number of carbonyl (C=O) groups is 2. The molecular weight excluding hydrogens is 397 g/mol. The van der Waals surface area contributed by atoms with Gasteiger partial charge in [0.2, 0.25) is 0 Å². The topological polar surface area (TPSA) is 131 Å². The highest BCUT2D eigenvalue weighted by atomic mass is 19.1. The van der Waals surface area contributed by atoms with Gasteiger partial charge in [0.05, 0.1) is 10.8 Å². The van der Waals surface area contributed by atoms with Crippen LogP contribution in [0.3, 0.4) is 0 Å². The number of allylic oxidation sites excluding steroid dienone is 1. The van der Waals surface area contributed by atoms with E-state index in [1.807, 2.05) is 0 Å². The molecule has 9 nitrogen and oxygen atoms in total. The van der Waals surface area contributed by atoms with Crippen molar-refractivity contribution in [1.29, 1.82) is 0 Å². The molecule has 10 heteroatoms. The lowest BCUT2D eigenvalue weighted by atomic mass is 10.0. The van der Waals surface area contributed by atoms with E-state index in [0.717, 1.165) is 11.6 Å². The number of carboxylic acids is 1. The van der Waals surface area contributed by atoms with Gasteiger partial charge in [-0.2, -0.15) is 4.99 Å². The summed E-state index contributed by atoms with van der Waals surface area (Å²) in [5.74, 6) is -3.53. The number of ether oxygens (including phenoxy) is 1. The summed E-state index contributed by atoms with van der Waals surface area (Å²) >= 11 is 0. The molecule has 1 unspecified atom stereocenters. The number of benzene rings is 2. The lowest BCUT2D eigenvalue weighted by Gasteiger charge is -2.10. The molecule has 0 fully saturated rings. The fraction of sp³-hybridized carbons (Fsp3) is 0.150. The van der Waals surface area contributed by atoms with Crippen molar-refractivity contribution in [2.45, 2.75) is 19.3 Å². The Kier molecular flexibility index (Phi) is 5.86. The molecule has 1 aliphatic rings. The maximum absolute atomic E-state index is 14.2. The number of non-ortho nitro benzene ring substituents is 1. The molecule has 2 N–H and O–H groups in total. The minimum Gasteiger partial charge on any atom is -0.481 e. The first-order valence-electron chi connectivity index (χ1n) is 8.78. The second-order valence-corrected chi connectivity index (χ2v) is 6.44. The number of carbonyl (C=O) groups excluding carboxylic acids is 1. The molecular formula is C20H16FN3O6. The fourth-order valence-corrected chi connectivity index (χ4v) is 2.68. The molecule has 30 heavy (non-hydrogen) atoms. The molecule has 2 aromatic carbocycles. The molecule has 0 aromatic heterocycles. The third kappa shape index (κ3) is 4.66. The van der Waals surface area contributed by atoms with E-state index < -0.39 is 28.5 Å². The molecule has 154 valence electrons. The van der Waals surface area contributed by atoms with Crippen LogP contribution in [-0.4, -0.2) is 27.9 Å². The molecule has 1 heterocycles. The second-order valence-electron chi connectivity index (χ2n) is 6.44. The standard InChI is InChI=1S/C20H16FN3O6/c1-11(19(26)27)15-8-5-13(10-16(15)21)22-20-23-18(25)17(30-20)9-4-12-2-6-14(7-3-12)24(28)29/h2-3,5-11H,4H2,1H3,(H,26,27)(H,22,23,25). The number of carboxylic acid groups (broad SMARTS) is 1. The summed E-state index contributed by atoms with van der Waals surface area (Å²) in [7, 11) is 0. The Morgan fingerprint density at radius 2 is 2.03 bits per heavy atom. The van der Waals surface area contributed by atoms with Gasteiger partial charge < -0.3 is 15.2 Å². The number of amidine groups is 1. The monoisotopic (exact) mass is 413 g/mol. The van der Waals surface area contributed by atoms with Gasteiger partial charge in [0.25, 0.3) is 5.69 Å². The van der Waals surface area contributed by atoms with Gasteiger partial charge in [-0.1, -0.05) is 18.2 Å². The predicted octanol–water partition coefficient (Wildman–Crippen LogP) is 3.37. The summed E-state index contributed by atoms with van der Waals surface area (Å²) < 4.78 is 19.5. The molecule has 0 spiro atoms. The largest absolute Gasteiger partial charge is 0.481 e. The zero-order chi connectivity index (χ0) is 21.8. The van der Waals surface area contributed by atoms with Crippen LogP contribution in [0.1, 0.15) is 24.0 Å². The van der Waals surface area contributed by atoms with Gasteiger partial charge >= 0.3 is 17.9 Å². The minimum absolute atomic E-state index is 0.0297. The van der Waals surface area contributed by atoms with Crippen LogP contribution in [-0.2, 0) is 20.7 Å². The Morgan fingerprint density at radius 3 is 2.63 bits per heavy atom. The van der Waals surface area contributed by atoms with Gasteiger partial charge in [-0.25, -0.2) is 4.39 Å². The summed E-state index contributed by atoms with van der Waals surface area (Å²) in [5.41, 5.74) is 0.959. The van der Waals surface area contributed by atoms with E-state index in [1.54, 1.807) is 12.1 Å². The summed E-state index contributed by atoms with van der Waals surface area (Å²) in [6, 6.07) is 9.58. The smallest absolute Gasteiger partial charge is 0.317 e. The van der Waals surface area contributed by atoms with Crippen molar-refractivity contribution < 1.29 is 28.7 Å². The van der Waals surface area contributed by atoms with Crippen molar-refractivity contribution in [1.82, 2.24) is 0 Å². The van der Waals surface area contributed by atoms with E-state index in [-0.39, 0.29) is 35.1 Å². The first-order valence-corrected chi connectivity index (χ1v) is 8.78. The van der Waals surface area contributed by atoms with Gasteiger partial charge in [-0.15, -0.1) is 0 Å². The quantitative estimate of drug-likeness (QED) is 0.422. The van der Waals surface area contributed by atoms with Crippen molar-refractivity contribution in [2.24, 2.45) is 4.99 Å². The Bertz CT molecular complexity index is 1080. The van der Waals surface area contributed by atoms with E-state index >= 15 is 0 Å². The highest BCUT2D eigenvalue weighted by Crippen LogP contribution is 2.23. The third-order valence-corrected chi connectivity index (χ3v) is 4.38. The van der Waals surface area contributed by atoms with Gasteiger partial charge in [0, 0.05) is 23.4 Å². The average molecular weight is 413 g/mol. The SMILES string of the molecule is CC(C(=O)O)c1ccc(NC2=NC(=O)C(=CCc3ccc([N+](=O)[O-])cc3)O2)cc1F. The summed E-state index contributed by atoms with van der Waals surface area (Å²) in [6.45, 7) is 1.37. The van der Waals surface area contributed by atoms with Gasteiger partial charge in [0.15, 0.2) is 5.76 Å². The van der Waals surface area contributed by atoms with Crippen LogP contribution in [0.4, 0.5) is 15.8 Å². The first-order chi connectivity index (χ1) is 14.2. The minimum atomic E-state index is -1.15. The Hall–Kier alpha value is -4.08. The Labute approximate surface area is 169 Å². The van der Waals surface area contributed by atoms with E-state index in [1.165, 1.54) is 37.3 Å². The van der Waals surface area contributed by atoms with Crippen LogP contribution in [0.15, 0.2) is 59.3 Å². The summed E-state index contributed by atoms with van der Waals surface area (Å²) in [4.78, 5) is 36.8. The number of nitro groups is 1.